The molecule has 0 spiro atoms. The van der Waals surface area contributed by atoms with Crippen molar-refractivity contribution in [3.05, 3.63) is 46.2 Å². The molecule has 1 N–H and O–H groups in total. The number of carbonyl (C=O) groups is 1. The highest BCUT2D eigenvalue weighted by atomic mass is 32.1. The van der Waals surface area contributed by atoms with Gasteiger partial charge in [-0.05, 0) is 56.8 Å². The molecule has 1 atom stereocenters. The SMILES string of the molecule is O=C(NCC1CCN(Cc2ccc(C3CCCO3)s2)CC1)c1cnccn1. The first kappa shape index (κ1) is 18.5. The third-order valence-corrected chi connectivity index (χ3v) is 6.53. The largest absolute Gasteiger partial charge is 0.373 e. The van der Waals surface area contributed by atoms with Crippen molar-refractivity contribution in [2.24, 2.45) is 5.92 Å². The minimum Gasteiger partial charge on any atom is -0.373 e. The number of piperidine rings is 1. The first-order chi connectivity index (χ1) is 13.3. The zero-order valence-corrected chi connectivity index (χ0v) is 16.3. The van der Waals surface area contributed by atoms with E-state index in [2.05, 4.69) is 32.3 Å². The van der Waals surface area contributed by atoms with Gasteiger partial charge in [0.25, 0.3) is 5.91 Å². The van der Waals surface area contributed by atoms with Crippen LogP contribution in [0.5, 0.6) is 0 Å². The molecule has 7 heteroatoms. The number of ether oxygens (including phenoxy) is 1. The fourth-order valence-corrected chi connectivity index (χ4v) is 4.91. The number of nitrogens with one attached hydrogen (secondary N) is 1. The Kier molecular flexibility index (Phi) is 6.11. The summed E-state index contributed by atoms with van der Waals surface area (Å²) in [6.45, 7) is 4.80. The fourth-order valence-electron chi connectivity index (χ4n) is 3.77. The Morgan fingerprint density at radius 1 is 1.26 bits per heavy atom. The van der Waals surface area contributed by atoms with E-state index in [-0.39, 0.29) is 5.91 Å². The van der Waals surface area contributed by atoms with Gasteiger partial charge in [-0.3, -0.25) is 14.7 Å². The number of aromatic nitrogens is 2. The molecule has 144 valence electrons. The lowest BCUT2D eigenvalue weighted by Crippen LogP contribution is -2.38. The molecule has 6 nitrogen and oxygen atoms in total. The zero-order valence-electron chi connectivity index (χ0n) is 15.5. The van der Waals surface area contributed by atoms with Crippen LogP contribution in [0.3, 0.4) is 0 Å². The molecule has 4 heterocycles. The molecule has 2 aromatic heterocycles. The van der Waals surface area contributed by atoms with Gasteiger partial charge in [-0.1, -0.05) is 0 Å². The second-order valence-corrected chi connectivity index (χ2v) is 8.53. The maximum Gasteiger partial charge on any atom is 0.271 e. The van der Waals surface area contributed by atoms with Crippen LogP contribution in [0.2, 0.25) is 0 Å². The lowest BCUT2D eigenvalue weighted by molar-refractivity contribution is 0.0930. The number of likely N-dealkylation sites (tertiary alicyclic amines) is 1. The highest BCUT2D eigenvalue weighted by Gasteiger charge is 2.22. The Labute approximate surface area is 164 Å². The molecule has 1 amide bonds. The Hall–Kier alpha value is -1.83. The molecule has 0 radical (unpaired) electrons. The predicted molar refractivity (Wildman–Crippen MR) is 105 cm³/mol. The van der Waals surface area contributed by atoms with Crippen LogP contribution in [0, 0.1) is 5.92 Å². The van der Waals surface area contributed by atoms with Crippen LogP contribution in [-0.2, 0) is 11.3 Å². The van der Waals surface area contributed by atoms with Gasteiger partial charge in [0.1, 0.15) is 5.69 Å². The summed E-state index contributed by atoms with van der Waals surface area (Å²) in [5.74, 6) is 0.401. The van der Waals surface area contributed by atoms with E-state index in [9.17, 15) is 4.79 Å². The van der Waals surface area contributed by atoms with E-state index in [4.69, 9.17) is 4.74 Å². The molecule has 0 aromatic carbocycles. The summed E-state index contributed by atoms with van der Waals surface area (Å²) < 4.78 is 5.79. The Bertz CT molecular complexity index is 737. The number of carbonyl (C=O) groups excluding carboxylic acids is 1. The molecule has 2 aliphatic rings. The van der Waals surface area contributed by atoms with Crippen molar-refractivity contribution in [3.63, 3.8) is 0 Å². The summed E-state index contributed by atoms with van der Waals surface area (Å²) in [5, 5.41) is 3.00. The monoisotopic (exact) mass is 386 g/mol. The van der Waals surface area contributed by atoms with E-state index in [0.29, 0.717) is 24.3 Å². The van der Waals surface area contributed by atoms with Crippen LogP contribution in [0.15, 0.2) is 30.7 Å². The van der Waals surface area contributed by atoms with Crippen molar-refractivity contribution in [2.75, 3.05) is 26.2 Å². The van der Waals surface area contributed by atoms with E-state index in [1.807, 2.05) is 11.3 Å². The molecule has 0 bridgehead atoms. The van der Waals surface area contributed by atoms with E-state index in [0.717, 1.165) is 45.5 Å². The van der Waals surface area contributed by atoms with Gasteiger partial charge in [-0.15, -0.1) is 11.3 Å². The lowest BCUT2D eigenvalue weighted by Gasteiger charge is -2.31. The number of hydrogen-bond donors (Lipinski definition) is 1. The summed E-state index contributed by atoms with van der Waals surface area (Å²) in [6.07, 6.45) is 9.52. The minimum absolute atomic E-state index is 0.134. The third-order valence-electron chi connectivity index (χ3n) is 5.36. The van der Waals surface area contributed by atoms with E-state index in [1.165, 1.54) is 22.4 Å². The summed E-state index contributed by atoms with van der Waals surface area (Å²) >= 11 is 1.90. The lowest BCUT2D eigenvalue weighted by atomic mass is 9.96. The molecular formula is C20H26N4O2S. The molecule has 2 saturated heterocycles. The Morgan fingerprint density at radius 3 is 2.89 bits per heavy atom. The van der Waals surface area contributed by atoms with Crippen LogP contribution in [0.25, 0.3) is 0 Å². The van der Waals surface area contributed by atoms with Gasteiger partial charge >= 0.3 is 0 Å². The maximum atomic E-state index is 12.1. The van der Waals surface area contributed by atoms with Gasteiger partial charge in [0, 0.05) is 41.8 Å². The van der Waals surface area contributed by atoms with Gasteiger partial charge in [0.15, 0.2) is 0 Å². The summed E-state index contributed by atoms with van der Waals surface area (Å²) in [5.41, 5.74) is 0.384. The van der Waals surface area contributed by atoms with Crippen LogP contribution in [-0.4, -0.2) is 47.0 Å². The van der Waals surface area contributed by atoms with Crippen molar-refractivity contribution >= 4 is 17.2 Å². The fraction of sp³-hybridized carbons (Fsp3) is 0.550. The van der Waals surface area contributed by atoms with E-state index < -0.39 is 0 Å². The molecule has 1 unspecified atom stereocenters. The standard InChI is InChI=1S/C20H26N4O2S/c25-20(17-13-21-7-8-22-17)23-12-15-5-9-24(10-6-15)14-16-3-4-19(27-16)18-2-1-11-26-18/h3-4,7-8,13,15,18H,1-2,5-6,9-12,14H2,(H,23,25). The van der Waals surface area contributed by atoms with E-state index in [1.54, 1.807) is 12.4 Å². The predicted octanol–water partition coefficient (Wildman–Crippen LogP) is 3.03. The number of amides is 1. The molecule has 4 rings (SSSR count). The summed E-state index contributed by atoms with van der Waals surface area (Å²) in [6, 6.07) is 4.50. The van der Waals surface area contributed by atoms with Crippen molar-refractivity contribution in [2.45, 2.75) is 38.3 Å². The average molecular weight is 387 g/mol. The van der Waals surface area contributed by atoms with Gasteiger partial charge in [0.05, 0.1) is 12.3 Å². The Morgan fingerprint density at radius 2 is 2.15 bits per heavy atom. The highest BCUT2D eigenvalue weighted by Crippen LogP contribution is 2.34. The molecule has 0 aliphatic carbocycles. The van der Waals surface area contributed by atoms with Crippen molar-refractivity contribution in [3.8, 4) is 0 Å². The smallest absolute Gasteiger partial charge is 0.271 e. The molecular weight excluding hydrogens is 360 g/mol. The maximum absolute atomic E-state index is 12.1. The van der Waals surface area contributed by atoms with Gasteiger partial charge in [-0.25, -0.2) is 4.98 Å². The van der Waals surface area contributed by atoms with Crippen LogP contribution >= 0.6 is 11.3 Å². The first-order valence-electron chi connectivity index (χ1n) is 9.75. The van der Waals surface area contributed by atoms with Crippen molar-refractivity contribution in [1.82, 2.24) is 20.2 Å². The second kappa shape index (κ2) is 8.91. The van der Waals surface area contributed by atoms with Crippen molar-refractivity contribution in [1.29, 1.82) is 0 Å². The number of nitrogens with zero attached hydrogens (tertiary/aromatic N) is 3. The molecule has 0 saturated carbocycles. The number of hydrogen-bond acceptors (Lipinski definition) is 6. The van der Waals surface area contributed by atoms with Gasteiger partial charge in [0.2, 0.25) is 0 Å². The summed E-state index contributed by atoms with van der Waals surface area (Å²) in [7, 11) is 0. The third kappa shape index (κ3) is 4.91. The molecule has 2 fully saturated rings. The minimum atomic E-state index is -0.134. The number of rotatable bonds is 6. The van der Waals surface area contributed by atoms with Crippen LogP contribution < -0.4 is 5.32 Å². The van der Waals surface area contributed by atoms with Crippen LogP contribution in [0.1, 0.15) is 52.0 Å². The normalized spacial score (nSPS) is 21.4. The highest BCUT2D eigenvalue weighted by molar-refractivity contribution is 7.12. The molecule has 2 aromatic rings. The van der Waals surface area contributed by atoms with E-state index >= 15 is 0 Å². The molecule has 27 heavy (non-hydrogen) atoms. The zero-order chi connectivity index (χ0) is 18.5. The van der Waals surface area contributed by atoms with Crippen LogP contribution in [0.4, 0.5) is 0 Å². The Balaban J connectivity index is 1.19. The van der Waals surface area contributed by atoms with Gasteiger partial charge in [-0.2, -0.15) is 0 Å². The second-order valence-electron chi connectivity index (χ2n) is 7.33. The molecule has 2 aliphatic heterocycles. The van der Waals surface area contributed by atoms with Crippen molar-refractivity contribution < 1.29 is 9.53 Å². The van der Waals surface area contributed by atoms with Gasteiger partial charge < -0.3 is 10.1 Å². The summed E-state index contributed by atoms with van der Waals surface area (Å²) in [4.78, 5) is 25.4. The topological polar surface area (TPSA) is 67.4 Å². The first-order valence-corrected chi connectivity index (χ1v) is 10.6. The average Bonchev–Trinajstić information content (AvgIpc) is 3.40. The quantitative estimate of drug-likeness (QED) is 0.827. The number of thiophene rings is 1.